The monoisotopic (exact) mass is 270 g/mol. The minimum absolute atomic E-state index is 0.0924. The molecule has 0 saturated carbocycles. The topological polar surface area (TPSA) is 41.6 Å². The third kappa shape index (κ3) is 5.49. The normalized spacial score (nSPS) is 23.1. The highest BCUT2D eigenvalue weighted by atomic mass is 16.5. The predicted molar refractivity (Wildman–Crippen MR) is 78.2 cm³/mol. The first-order valence-corrected chi connectivity index (χ1v) is 7.52. The maximum atomic E-state index is 11.9. The van der Waals surface area contributed by atoms with Gasteiger partial charge in [-0.15, -0.1) is 0 Å². The molecule has 4 nitrogen and oxygen atoms in total. The van der Waals surface area contributed by atoms with Gasteiger partial charge in [-0.05, 0) is 54.0 Å². The first-order valence-electron chi connectivity index (χ1n) is 7.52. The summed E-state index contributed by atoms with van der Waals surface area (Å²) >= 11 is 0. The first-order chi connectivity index (χ1) is 8.85. The summed E-state index contributed by atoms with van der Waals surface area (Å²) in [7, 11) is 0. The molecule has 0 aliphatic carbocycles. The molecule has 1 aliphatic heterocycles. The number of ether oxygens (including phenoxy) is 1. The van der Waals surface area contributed by atoms with Gasteiger partial charge in [0.1, 0.15) is 6.04 Å². The zero-order valence-corrected chi connectivity index (χ0v) is 13.2. The lowest BCUT2D eigenvalue weighted by atomic mass is 9.98. The molecule has 0 amide bonds. The van der Waals surface area contributed by atoms with E-state index in [-0.39, 0.29) is 17.6 Å². The molecule has 1 N–H and O–H groups in total. The Hall–Kier alpha value is -0.610. The maximum absolute atomic E-state index is 11.9. The quantitative estimate of drug-likeness (QED) is 0.778. The summed E-state index contributed by atoms with van der Waals surface area (Å²) in [5, 5.41) is 3.55. The summed E-state index contributed by atoms with van der Waals surface area (Å²) in [4.78, 5) is 14.2. The van der Waals surface area contributed by atoms with Crippen LogP contribution in [0, 0.1) is 0 Å². The minimum atomic E-state index is -0.132. The number of hydrogen-bond donors (Lipinski definition) is 1. The summed E-state index contributed by atoms with van der Waals surface area (Å²) in [6.45, 7) is 12.7. The van der Waals surface area contributed by atoms with Crippen molar-refractivity contribution in [3.05, 3.63) is 0 Å². The maximum Gasteiger partial charge on any atom is 0.323 e. The molecule has 0 aromatic heterocycles. The van der Waals surface area contributed by atoms with Gasteiger partial charge in [-0.2, -0.15) is 0 Å². The van der Waals surface area contributed by atoms with Crippen molar-refractivity contribution in [1.82, 2.24) is 10.2 Å². The van der Waals surface area contributed by atoms with Crippen LogP contribution in [0.4, 0.5) is 0 Å². The van der Waals surface area contributed by atoms with Gasteiger partial charge in [0, 0.05) is 18.1 Å². The van der Waals surface area contributed by atoms with Crippen LogP contribution in [-0.4, -0.2) is 48.2 Å². The summed E-state index contributed by atoms with van der Waals surface area (Å²) in [6, 6.07) is 0.305. The molecule has 0 bridgehead atoms. The van der Waals surface area contributed by atoms with Gasteiger partial charge in [0.2, 0.25) is 0 Å². The lowest BCUT2D eigenvalue weighted by molar-refractivity contribution is -0.150. The van der Waals surface area contributed by atoms with Crippen LogP contribution < -0.4 is 5.32 Å². The van der Waals surface area contributed by atoms with Crippen LogP contribution in [0.25, 0.3) is 0 Å². The number of carbonyl (C=O) groups excluding carboxylic acids is 1. The number of piperidine rings is 1. The molecule has 0 aromatic carbocycles. The zero-order valence-electron chi connectivity index (χ0n) is 13.2. The van der Waals surface area contributed by atoms with Gasteiger partial charge in [0.25, 0.3) is 0 Å². The molecule has 112 valence electrons. The number of rotatable bonds is 5. The van der Waals surface area contributed by atoms with Crippen molar-refractivity contribution < 1.29 is 9.53 Å². The lowest BCUT2D eigenvalue weighted by Crippen LogP contribution is -2.54. The smallest absolute Gasteiger partial charge is 0.323 e. The van der Waals surface area contributed by atoms with Crippen molar-refractivity contribution in [2.75, 3.05) is 19.7 Å². The summed E-state index contributed by atoms with van der Waals surface area (Å²) in [6.07, 6.45) is 3.59. The van der Waals surface area contributed by atoms with E-state index < -0.39 is 0 Å². The third-order valence-corrected chi connectivity index (χ3v) is 3.67. The fraction of sp³-hybridized carbons (Fsp3) is 0.933. The van der Waals surface area contributed by atoms with E-state index in [0.29, 0.717) is 12.6 Å². The zero-order chi connectivity index (χ0) is 14.5. The minimum Gasteiger partial charge on any atom is -0.465 e. The molecule has 1 rings (SSSR count). The van der Waals surface area contributed by atoms with Crippen LogP contribution in [-0.2, 0) is 9.53 Å². The second-order valence-electron chi connectivity index (χ2n) is 6.45. The van der Waals surface area contributed by atoms with Crippen LogP contribution >= 0.6 is 0 Å². The molecular formula is C15H30N2O2. The van der Waals surface area contributed by atoms with E-state index in [0.717, 1.165) is 19.5 Å². The van der Waals surface area contributed by atoms with Crippen LogP contribution in [0.3, 0.4) is 0 Å². The SMILES string of the molecule is CCOC(=O)C(C)N1CCCCC1CNC(C)(C)C. The van der Waals surface area contributed by atoms with Crippen LogP contribution in [0.2, 0.25) is 0 Å². The Bertz CT molecular complexity index is 286. The fourth-order valence-corrected chi connectivity index (χ4v) is 2.57. The number of esters is 1. The molecular weight excluding hydrogens is 240 g/mol. The molecule has 1 fully saturated rings. The van der Waals surface area contributed by atoms with Gasteiger partial charge in [-0.1, -0.05) is 6.42 Å². The highest BCUT2D eigenvalue weighted by molar-refractivity contribution is 5.75. The number of hydrogen-bond acceptors (Lipinski definition) is 4. The average Bonchev–Trinajstić information content (AvgIpc) is 2.35. The molecule has 1 saturated heterocycles. The molecule has 1 aliphatic rings. The summed E-state index contributed by atoms with van der Waals surface area (Å²) in [5.74, 6) is -0.0924. The Balaban J connectivity index is 2.59. The summed E-state index contributed by atoms with van der Waals surface area (Å²) < 4.78 is 5.15. The second kappa shape index (κ2) is 7.25. The van der Waals surface area contributed by atoms with Crippen molar-refractivity contribution in [1.29, 1.82) is 0 Å². The van der Waals surface area contributed by atoms with Gasteiger partial charge >= 0.3 is 5.97 Å². The lowest BCUT2D eigenvalue weighted by Gasteiger charge is -2.40. The fourth-order valence-electron chi connectivity index (χ4n) is 2.57. The van der Waals surface area contributed by atoms with E-state index in [4.69, 9.17) is 4.74 Å². The second-order valence-corrected chi connectivity index (χ2v) is 6.45. The molecule has 0 radical (unpaired) electrons. The molecule has 4 heteroatoms. The van der Waals surface area contributed by atoms with Crippen LogP contribution in [0.5, 0.6) is 0 Å². The van der Waals surface area contributed by atoms with Gasteiger partial charge in [-0.3, -0.25) is 9.69 Å². The van der Waals surface area contributed by atoms with E-state index in [9.17, 15) is 4.79 Å². The highest BCUT2D eigenvalue weighted by Gasteiger charge is 2.31. The molecule has 0 spiro atoms. The molecule has 2 atom stereocenters. The number of likely N-dealkylation sites (tertiary alicyclic amines) is 1. The van der Waals surface area contributed by atoms with Crippen molar-refractivity contribution >= 4 is 5.97 Å². The molecule has 19 heavy (non-hydrogen) atoms. The summed E-state index contributed by atoms with van der Waals surface area (Å²) in [5.41, 5.74) is 0.121. The van der Waals surface area contributed by atoms with Crippen LogP contribution in [0.15, 0.2) is 0 Å². The standard InChI is InChI=1S/C15H30N2O2/c1-6-19-14(18)12(2)17-10-8-7-9-13(17)11-16-15(3,4)5/h12-13,16H,6-11H2,1-5H3. The molecule has 2 unspecified atom stereocenters. The van der Waals surface area contributed by atoms with E-state index in [1.807, 2.05) is 13.8 Å². The van der Waals surface area contributed by atoms with Gasteiger partial charge in [0.05, 0.1) is 6.61 Å². The van der Waals surface area contributed by atoms with Crippen LogP contribution in [0.1, 0.15) is 53.9 Å². The van der Waals surface area contributed by atoms with Crippen molar-refractivity contribution in [3.63, 3.8) is 0 Å². The Morgan fingerprint density at radius 1 is 1.42 bits per heavy atom. The van der Waals surface area contributed by atoms with E-state index >= 15 is 0 Å². The average molecular weight is 270 g/mol. The Labute approximate surface area is 117 Å². The Kier molecular flexibility index (Phi) is 6.27. The van der Waals surface area contributed by atoms with E-state index in [1.54, 1.807) is 0 Å². The van der Waals surface area contributed by atoms with Crippen molar-refractivity contribution in [2.24, 2.45) is 0 Å². The highest BCUT2D eigenvalue weighted by Crippen LogP contribution is 2.20. The number of nitrogens with one attached hydrogen (secondary N) is 1. The van der Waals surface area contributed by atoms with Gasteiger partial charge < -0.3 is 10.1 Å². The Morgan fingerprint density at radius 3 is 2.68 bits per heavy atom. The molecule has 1 heterocycles. The number of carbonyl (C=O) groups is 1. The van der Waals surface area contributed by atoms with E-state index in [1.165, 1.54) is 12.8 Å². The van der Waals surface area contributed by atoms with Crippen molar-refractivity contribution in [3.8, 4) is 0 Å². The van der Waals surface area contributed by atoms with Gasteiger partial charge in [-0.25, -0.2) is 0 Å². The first kappa shape index (κ1) is 16.4. The van der Waals surface area contributed by atoms with E-state index in [2.05, 4.69) is 31.0 Å². The molecule has 0 aromatic rings. The van der Waals surface area contributed by atoms with Crippen molar-refractivity contribution in [2.45, 2.75) is 71.5 Å². The van der Waals surface area contributed by atoms with Gasteiger partial charge in [0.15, 0.2) is 0 Å². The third-order valence-electron chi connectivity index (χ3n) is 3.67. The predicted octanol–water partition coefficient (Wildman–Crippen LogP) is 2.18. The Morgan fingerprint density at radius 2 is 2.11 bits per heavy atom. The number of nitrogens with zero attached hydrogens (tertiary/aromatic N) is 1. The largest absolute Gasteiger partial charge is 0.465 e.